The van der Waals surface area contributed by atoms with E-state index in [1.165, 1.54) is 11.1 Å². The van der Waals surface area contributed by atoms with Crippen LogP contribution in [-0.4, -0.2) is 21.1 Å². The number of nitrogens with zero attached hydrogens (tertiary/aromatic N) is 3. The molecule has 3 aromatic rings. The Labute approximate surface area is 135 Å². The predicted octanol–water partition coefficient (Wildman–Crippen LogP) is 4.00. The smallest absolute Gasteiger partial charge is 0.154 e. The first kappa shape index (κ1) is 13.8. The van der Waals surface area contributed by atoms with E-state index >= 15 is 0 Å². The zero-order chi connectivity index (χ0) is 15.6. The van der Waals surface area contributed by atoms with Gasteiger partial charge in [-0.3, -0.25) is 0 Å². The van der Waals surface area contributed by atoms with Crippen molar-refractivity contribution in [2.45, 2.75) is 13.3 Å². The predicted molar refractivity (Wildman–Crippen MR) is 93.5 cm³/mol. The molecule has 0 radical (unpaired) electrons. The molecular weight excluding hydrogens is 284 g/mol. The van der Waals surface area contributed by atoms with E-state index in [0.29, 0.717) is 0 Å². The van der Waals surface area contributed by atoms with E-state index in [0.717, 1.165) is 35.7 Å². The first-order chi connectivity index (χ1) is 11.3. The summed E-state index contributed by atoms with van der Waals surface area (Å²) in [4.78, 5) is 4.45. The normalized spacial score (nSPS) is 13.5. The lowest BCUT2D eigenvalue weighted by Crippen LogP contribution is -2.07. The molecule has 4 rings (SSSR count). The average Bonchev–Trinajstić information content (AvgIpc) is 3.23. The molecule has 1 aliphatic carbocycles. The highest BCUT2D eigenvalue weighted by atomic mass is 15.3. The van der Waals surface area contributed by atoms with Gasteiger partial charge < -0.3 is 5.32 Å². The molecule has 4 heteroatoms. The number of anilines is 1. The zero-order valence-electron chi connectivity index (χ0n) is 13.0. The highest BCUT2D eigenvalue weighted by Gasteiger charge is 2.08. The van der Waals surface area contributed by atoms with Crippen LogP contribution in [0, 0.1) is 6.92 Å². The molecule has 4 nitrogen and oxygen atoms in total. The molecule has 1 aliphatic rings. The summed E-state index contributed by atoms with van der Waals surface area (Å²) >= 11 is 0. The molecule has 0 atom stereocenters. The van der Waals surface area contributed by atoms with Gasteiger partial charge in [0, 0.05) is 12.1 Å². The number of hydrogen-bond acceptors (Lipinski definition) is 3. The number of imidazole rings is 1. The van der Waals surface area contributed by atoms with Gasteiger partial charge >= 0.3 is 0 Å². The lowest BCUT2D eigenvalue weighted by atomic mass is 10.1. The molecule has 0 spiro atoms. The molecule has 23 heavy (non-hydrogen) atoms. The second-order valence-electron chi connectivity index (χ2n) is 5.81. The fourth-order valence-electron chi connectivity index (χ4n) is 2.72. The van der Waals surface area contributed by atoms with Gasteiger partial charge in [0.1, 0.15) is 5.82 Å². The molecule has 0 amide bonds. The van der Waals surface area contributed by atoms with Gasteiger partial charge in [-0.15, -0.1) is 5.10 Å². The number of benzene rings is 1. The topological polar surface area (TPSA) is 42.2 Å². The second-order valence-corrected chi connectivity index (χ2v) is 5.81. The number of rotatable bonds is 4. The molecule has 0 saturated carbocycles. The largest absolute Gasteiger partial charge is 0.365 e. The molecule has 0 bridgehead atoms. The number of aryl methyl sites for hydroxylation is 1. The van der Waals surface area contributed by atoms with Crippen molar-refractivity contribution in [2.75, 3.05) is 11.9 Å². The molecule has 0 aliphatic heterocycles. The van der Waals surface area contributed by atoms with Crippen molar-refractivity contribution in [1.29, 1.82) is 0 Å². The summed E-state index contributed by atoms with van der Waals surface area (Å²) in [5, 5.41) is 8.08. The van der Waals surface area contributed by atoms with Crippen LogP contribution in [0.15, 0.2) is 66.4 Å². The van der Waals surface area contributed by atoms with Crippen LogP contribution in [0.25, 0.3) is 16.9 Å². The highest BCUT2D eigenvalue weighted by molar-refractivity contribution is 5.63. The van der Waals surface area contributed by atoms with Gasteiger partial charge in [-0.1, -0.05) is 48.1 Å². The Balaban J connectivity index is 1.64. The van der Waals surface area contributed by atoms with Crippen molar-refractivity contribution in [1.82, 2.24) is 14.6 Å². The molecule has 2 aromatic heterocycles. The number of nitrogens with one attached hydrogen (secondary N) is 1. The molecule has 0 unspecified atom stereocenters. The van der Waals surface area contributed by atoms with Crippen LogP contribution in [0.5, 0.6) is 0 Å². The molecule has 2 heterocycles. The van der Waals surface area contributed by atoms with Gasteiger partial charge in [0.25, 0.3) is 0 Å². The summed E-state index contributed by atoms with van der Waals surface area (Å²) in [5.41, 5.74) is 5.60. The zero-order valence-corrected chi connectivity index (χ0v) is 13.0. The van der Waals surface area contributed by atoms with Crippen LogP contribution < -0.4 is 5.32 Å². The fourth-order valence-corrected chi connectivity index (χ4v) is 2.72. The Kier molecular flexibility index (Phi) is 3.42. The van der Waals surface area contributed by atoms with Gasteiger partial charge in [-0.05, 0) is 31.1 Å². The van der Waals surface area contributed by atoms with Crippen molar-refractivity contribution in [3.8, 4) is 11.3 Å². The SMILES string of the molecule is Cc1ccc(-c2cnc3ccc(NCC4=CC=CC4)nn23)cc1. The second kappa shape index (κ2) is 5.72. The lowest BCUT2D eigenvalue weighted by Gasteiger charge is -2.08. The monoisotopic (exact) mass is 302 g/mol. The third-order valence-electron chi connectivity index (χ3n) is 4.05. The van der Waals surface area contributed by atoms with Crippen LogP contribution in [0.2, 0.25) is 0 Å². The van der Waals surface area contributed by atoms with E-state index < -0.39 is 0 Å². The maximum Gasteiger partial charge on any atom is 0.154 e. The van der Waals surface area contributed by atoms with E-state index in [9.17, 15) is 0 Å². The van der Waals surface area contributed by atoms with E-state index in [4.69, 9.17) is 5.10 Å². The van der Waals surface area contributed by atoms with Crippen LogP contribution in [0.1, 0.15) is 12.0 Å². The van der Waals surface area contributed by atoms with Gasteiger partial charge in [0.15, 0.2) is 5.65 Å². The van der Waals surface area contributed by atoms with Gasteiger partial charge in [-0.2, -0.15) is 0 Å². The van der Waals surface area contributed by atoms with Gasteiger partial charge in [-0.25, -0.2) is 9.50 Å². The summed E-state index contributed by atoms with van der Waals surface area (Å²) in [6.45, 7) is 2.91. The standard InChI is InChI=1S/C19H18N4/c1-14-6-8-16(9-7-14)17-13-21-19-11-10-18(22-23(17)19)20-12-15-4-2-3-5-15/h2-4,6-11,13H,5,12H2,1H3,(H,20,22). The first-order valence-corrected chi connectivity index (χ1v) is 7.80. The van der Waals surface area contributed by atoms with E-state index in [-0.39, 0.29) is 0 Å². The number of aromatic nitrogens is 3. The maximum atomic E-state index is 4.69. The van der Waals surface area contributed by atoms with Crippen molar-refractivity contribution in [2.24, 2.45) is 0 Å². The third-order valence-corrected chi connectivity index (χ3v) is 4.05. The lowest BCUT2D eigenvalue weighted by molar-refractivity contribution is 0.936. The summed E-state index contributed by atoms with van der Waals surface area (Å²) in [5.74, 6) is 0.858. The van der Waals surface area contributed by atoms with Gasteiger partial charge in [0.2, 0.25) is 0 Å². The van der Waals surface area contributed by atoms with Crippen LogP contribution in [0.4, 0.5) is 5.82 Å². The van der Waals surface area contributed by atoms with Crippen molar-refractivity contribution < 1.29 is 0 Å². The fraction of sp³-hybridized carbons (Fsp3) is 0.158. The Morgan fingerprint density at radius 3 is 2.78 bits per heavy atom. The third kappa shape index (κ3) is 2.75. The minimum absolute atomic E-state index is 0.820. The van der Waals surface area contributed by atoms with Crippen LogP contribution in [0.3, 0.4) is 0 Å². The van der Waals surface area contributed by atoms with Crippen molar-refractivity contribution >= 4 is 11.5 Å². The Morgan fingerprint density at radius 1 is 1.13 bits per heavy atom. The number of hydrogen-bond donors (Lipinski definition) is 1. The summed E-state index contributed by atoms with van der Waals surface area (Å²) in [7, 11) is 0. The van der Waals surface area contributed by atoms with Crippen LogP contribution in [-0.2, 0) is 0 Å². The minimum Gasteiger partial charge on any atom is -0.365 e. The quantitative estimate of drug-likeness (QED) is 0.792. The molecular formula is C19H18N4. The van der Waals surface area contributed by atoms with E-state index in [2.05, 4.69) is 59.7 Å². The highest BCUT2D eigenvalue weighted by Crippen LogP contribution is 2.21. The Bertz CT molecular complexity index is 901. The Hall–Kier alpha value is -2.88. The summed E-state index contributed by atoms with van der Waals surface area (Å²) in [6.07, 6.45) is 9.31. The molecule has 0 fully saturated rings. The van der Waals surface area contributed by atoms with Crippen molar-refractivity contribution in [3.05, 3.63) is 72.0 Å². The number of fused-ring (bicyclic) bond motifs is 1. The minimum atomic E-state index is 0.820. The molecule has 1 aromatic carbocycles. The number of allylic oxidation sites excluding steroid dienone is 3. The van der Waals surface area contributed by atoms with E-state index in [1.54, 1.807) is 0 Å². The average molecular weight is 302 g/mol. The molecule has 0 saturated heterocycles. The maximum absolute atomic E-state index is 4.69. The molecule has 1 N–H and O–H groups in total. The van der Waals surface area contributed by atoms with Gasteiger partial charge in [0.05, 0.1) is 11.9 Å². The van der Waals surface area contributed by atoms with Crippen molar-refractivity contribution in [3.63, 3.8) is 0 Å². The summed E-state index contributed by atoms with van der Waals surface area (Å²) < 4.78 is 1.90. The first-order valence-electron chi connectivity index (χ1n) is 7.80. The van der Waals surface area contributed by atoms with E-state index in [1.807, 2.05) is 22.8 Å². The van der Waals surface area contributed by atoms with Crippen LogP contribution >= 0.6 is 0 Å². The summed E-state index contributed by atoms with van der Waals surface area (Å²) in [6, 6.07) is 12.4. The molecule has 114 valence electrons. The Morgan fingerprint density at radius 2 is 2.00 bits per heavy atom.